The Labute approximate surface area is 122 Å². The van der Waals surface area contributed by atoms with Crippen molar-refractivity contribution in [3.8, 4) is 0 Å². The van der Waals surface area contributed by atoms with E-state index in [1.54, 1.807) is 36.1 Å². The van der Waals surface area contributed by atoms with Gasteiger partial charge in [-0.2, -0.15) is 5.10 Å². The third kappa shape index (κ3) is 4.55. The summed E-state index contributed by atoms with van der Waals surface area (Å²) in [5, 5.41) is 9.40. The van der Waals surface area contributed by atoms with Crippen LogP contribution in [0.3, 0.4) is 0 Å². The maximum atomic E-state index is 13.6. The number of hydrogen-bond acceptors (Lipinski definition) is 3. The molecule has 0 bridgehead atoms. The van der Waals surface area contributed by atoms with Crippen molar-refractivity contribution in [1.82, 2.24) is 25.4 Å². The standard InChI is InChI=1S/C14H18FN5O/c1-11(12-5-2-3-6-13(12)15)19-14(21)17-7-4-8-20-10-16-9-18-20/h2-3,5-6,9-11H,4,7-8H2,1H3,(H2,17,19,21)/t11-/m1/s1. The Kier molecular flexibility index (Phi) is 5.25. The van der Waals surface area contributed by atoms with Crippen LogP contribution < -0.4 is 10.6 Å². The van der Waals surface area contributed by atoms with Crippen LogP contribution in [0.15, 0.2) is 36.9 Å². The first-order valence-corrected chi connectivity index (χ1v) is 6.78. The van der Waals surface area contributed by atoms with Gasteiger partial charge in [0.05, 0.1) is 6.04 Å². The number of rotatable bonds is 6. The molecular weight excluding hydrogens is 273 g/mol. The van der Waals surface area contributed by atoms with Crippen LogP contribution in [0.25, 0.3) is 0 Å². The van der Waals surface area contributed by atoms with Crippen molar-refractivity contribution in [2.75, 3.05) is 6.54 Å². The minimum atomic E-state index is -0.387. The molecule has 2 aromatic rings. The average molecular weight is 291 g/mol. The first-order valence-electron chi connectivity index (χ1n) is 6.78. The van der Waals surface area contributed by atoms with Crippen LogP contribution in [0.5, 0.6) is 0 Å². The van der Waals surface area contributed by atoms with E-state index in [2.05, 4.69) is 20.7 Å². The smallest absolute Gasteiger partial charge is 0.315 e. The van der Waals surface area contributed by atoms with Crippen molar-refractivity contribution in [3.63, 3.8) is 0 Å². The Morgan fingerprint density at radius 2 is 2.24 bits per heavy atom. The van der Waals surface area contributed by atoms with Crippen molar-refractivity contribution in [3.05, 3.63) is 48.3 Å². The van der Waals surface area contributed by atoms with Crippen LogP contribution in [0.1, 0.15) is 24.9 Å². The highest BCUT2D eigenvalue weighted by Crippen LogP contribution is 2.15. The Morgan fingerprint density at radius 3 is 2.95 bits per heavy atom. The summed E-state index contributed by atoms with van der Waals surface area (Å²) in [5.41, 5.74) is 0.468. The number of urea groups is 1. The van der Waals surface area contributed by atoms with E-state index in [0.29, 0.717) is 18.7 Å². The van der Waals surface area contributed by atoms with Crippen LogP contribution >= 0.6 is 0 Å². The number of aryl methyl sites for hydroxylation is 1. The third-order valence-corrected chi connectivity index (χ3v) is 3.04. The molecule has 0 saturated carbocycles. The zero-order chi connectivity index (χ0) is 15.1. The molecule has 21 heavy (non-hydrogen) atoms. The Bertz CT molecular complexity index is 573. The number of amides is 2. The molecule has 0 unspecified atom stereocenters. The van der Waals surface area contributed by atoms with E-state index in [1.807, 2.05) is 0 Å². The van der Waals surface area contributed by atoms with Gasteiger partial charge in [0.1, 0.15) is 18.5 Å². The molecule has 0 aliphatic heterocycles. The van der Waals surface area contributed by atoms with Crippen LogP contribution in [0, 0.1) is 5.82 Å². The van der Waals surface area contributed by atoms with Gasteiger partial charge in [0.25, 0.3) is 0 Å². The molecule has 1 atom stereocenters. The number of carbonyl (C=O) groups is 1. The maximum Gasteiger partial charge on any atom is 0.315 e. The van der Waals surface area contributed by atoms with Crippen molar-refractivity contribution < 1.29 is 9.18 Å². The fourth-order valence-corrected chi connectivity index (χ4v) is 1.94. The molecule has 0 spiro atoms. The van der Waals surface area contributed by atoms with Crippen molar-refractivity contribution in [2.24, 2.45) is 0 Å². The van der Waals surface area contributed by atoms with Crippen LogP contribution in [0.4, 0.5) is 9.18 Å². The van der Waals surface area contributed by atoms with Gasteiger partial charge in [0.15, 0.2) is 0 Å². The van der Waals surface area contributed by atoms with Crippen LogP contribution in [-0.4, -0.2) is 27.3 Å². The molecule has 2 N–H and O–H groups in total. The number of nitrogens with one attached hydrogen (secondary N) is 2. The lowest BCUT2D eigenvalue weighted by molar-refractivity contribution is 0.237. The summed E-state index contributed by atoms with van der Waals surface area (Å²) in [4.78, 5) is 15.6. The van der Waals surface area contributed by atoms with E-state index < -0.39 is 0 Å². The fourth-order valence-electron chi connectivity index (χ4n) is 1.94. The highest BCUT2D eigenvalue weighted by molar-refractivity contribution is 5.74. The second kappa shape index (κ2) is 7.37. The van der Waals surface area contributed by atoms with E-state index in [9.17, 15) is 9.18 Å². The number of carbonyl (C=O) groups excluding carboxylic acids is 1. The SMILES string of the molecule is C[C@@H](NC(=O)NCCCn1cncn1)c1ccccc1F. The highest BCUT2D eigenvalue weighted by Gasteiger charge is 2.12. The topological polar surface area (TPSA) is 71.8 Å². The van der Waals surface area contributed by atoms with E-state index >= 15 is 0 Å². The summed E-state index contributed by atoms with van der Waals surface area (Å²) < 4.78 is 15.3. The predicted molar refractivity (Wildman–Crippen MR) is 76.0 cm³/mol. The summed E-state index contributed by atoms with van der Waals surface area (Å²) in [6.07, 6.45) is 3.83. The molecule has 1 aromatic heterocycles. The van der Waals surface area contributed by atoms with Gasteiger partial charge in [-0.05, 0) is 19.4 Å². The fraction of sp³-hybridized carbons (Fsp3) is 0.357. The highest BCUT2D eigenvalue weighted by atomic mass is 19.1. The first kappa shape index (κ1) is 15.0. The lowest BCUT2D eigenvalue weighted by Gasteiger charge is -2.15. The van der Waals surface area contributed by atoms with Gasteiger partial charge in [-0.3, -0.25) is 4.68 Å². The van der Waals surface area contributed by atoms with Crippen LogP contribution in [-0.2, 0) is 6.54 Å². The molecule has 1 aromatic carbocycles. The molecule has 2 amide bonds. The Hall–Kier alpha value is -2.44. The third-order valence-electron chi connectivity index (χ3n) is 3.04. The van der Waals surface area contributed by atoms with E-state index in [-0.39, 0.29) is 17.9 Å². The van der Waals surface area contributed by atoms with Gasteiger partial charge in [0, 0.05) is 18.7 Å². The van der Waals surface area contributed by atoms with Gasteiger partial charge in [-0.1, -0.05) is 18.2 Å². The maximum absolute atomic E-state index is 13.6. The second-order valence-corrected chi connectivity index (χ2v) is 4.66. The van der Waals surface area contributed by atoms with Gasteiger partial charge in [-0.25, -0.2) is 14.2 Å². The number of nitrogens with zero attached hydrogens (tertiary/aromatic N) is 3. The molecule has 0 aliphatic rings. The Morgan fingerprint density at radius 1 is 1.43 bits per heavy atom. The molecule has 0 fully saturated rings. The molecule has 7 heteroatoms. The van der Waals surface area contributed by atoms with E-state index in [4.69, 9.17) is 0 Å². The normalized spacial score (nSPS) is 11.9. The lowest BCUT2D eigenvalue weighted by atomic mass is 10.1. The molecule has 2 rings (SSSR count). The zero-order valence-electron chi connectivity index (χ0n) is 11.8. The van der Waals surface area contributed by atoms with Gasteiger partial charge in [-0.15, -0.1) is 0 Å². The molecule has 112 valence electrons. The van der Waals surface area contributed by atoms with E-state index in [0.717, 1.165) is 6.42 Å². The molecule has 6 nitrogen and oxygen atoms in total. The average Bonchev–Trinajstić information content (AvgIpc) is 2.97. The summed E-state index contributed by atoms with van der Waals surface area (Å²) >= 11 is 0. The second-order valence-electron chi connectivity index (χ2n) is 4.66. The molecular formula is C14H18FN5O. The van der Waals surface area contributed by atoms with Gasteiger partial charge in [0.2, 0.25) is 0 Å². The number of aromatic nitrogens is 3. The molecule has 0 aliphatic carbocycles. The summed E-state index contributed by atoms with van der Waals surface area (Å²) in [6, 6.07) is 5.70. The minimum absolute atomic E-state index is 0.315. The van der Waals surface area contributed by atoms with Crippen molar-refractivity contribution in [2.45, 2.75) is 25.9 Å². The minimum Gasteiger partial charge on any atom is -0.338 e. The summed E-state index contributed by atoms with van der Waals surface area (Å²) in [7, 11) is 0. The monoisotopic (exact) mass is 291 g/mol. The summed E-state index contributed by atoms with van der Waals surface area (Å²) in [6.45, 7) is 2.94. The largest absolute Gasteiger partial charge is 0.338 e. The summed E-state index contributed by atoms with van der Waals surface area (Å²) in [5.74, 6) is -0.323. The lowest BCUT2D eigenvalue weighted by Crippen LogP contribution is -2.38. The quantitative estimate of drug-likeness (QED) is 0.798. The number of hydrogen-bond donors (Lipinski definition) is 2. The molecule has 0 saturated heterocycles. The first-order chi connectivity index (χ1) is 10.2. The number of halogens is 1. The predicted octanol–water partition coefficient (Wildman–Crippen LogP) is 1.87. The van der Waals surface area contributed by atoms with Gasteiger partial charge < -0.3 is 10.6 Å². The van der Waals surface area contributed by atoms with Crippen molar-refractivity contribution in [1.29, 1.82) is 0 Å². The molecule has 1 heterocycles. The van der Waals surface area contributed by atoms with Crippen molar-refractivity contribution >= 4 is 6.03 Å². The number of benzene rings is 1. The van der Waals surface area contributed by atoms with Gasteiger partial charge >= 0.3 is 6.03 Å². The van der Waals surface area contributed by atoms with Crippen LogP contribution in [0.2, 0.25) is 0 Å². The van der Waals surface area contributed by atoms with E-state index in [1.165, 1.54) is 12.4 Å². The molecule has 0 radical (unpaired) electrons. The Balaban J connectivity index is 1.70. The zero-order valence-corrected chi connectivity index (χ0v) is 11.8.